The van der Waals surface area contributed by atoms with Gasteiger partial charge in [-0.15, -0.1) is 0 Å². The van der Waals surface area contributed by atoms with E-state index in [4.69, 9.17) is 4.74 Å². The SMILES string of the molecule is CCOc1cc(Br)c(F)c2nc[nH]c(=O)c12. The number of aromatic nitrogens is 2. The van der Waals surface area contributed by atoms with Crippen LogP contribution in [0.4, 0.5) is 4.39 Å². The zero-order valence-corrected chi connectivity index (χ0v) is 9.97. The number of ether oxygens (including phenoxy) is 1. The molecule has 0 saturated heterocycles. The van der Waals surface area contributed by atoms with E-state index in [9.17, 15) is 9.18 Å². The van der Waals surface area contributed by atoms with Crippen molar-refractivity contribution in [2.75, 3.05) is 6.61 Å². The lowest BCUT2D eigenvalue weighted by atomic mass is 10.2. The van der Waals surface area contributed by atoms with E-state index in [1.807, 2.05) is 0 Å². The van der Waals surface area contributed by atoms with Gasteiger partial charge < -0.3 is 9.72 Å². The summed E-state index contributed by atoms with van der Waals surface area (Å²) in [6.07, 6.45) is 1.16. The molecule has 0 amide bonds. The van der Waals surface area contributed by atoms with Crippen LogP contribution in [0.25, 0.3) is 10.9 Å². The Morgan fingerprint density at radius 3 is 3.06 bits per heavy atom. The second-order valence-corrected chi connectivity index (χ2v) is 3.91. The Labute approximate surface area is 98.6 Å². The molecular formula is C10H8BrFN2O2. The van der Waals surface area contributed by atoms with Gasteiger partial charge in [-0.25, -0.2) is 9.37 Å². The topological polar surface area (TPSA) is 55.0 Å². The molecule has 1 aromatic carbocycles. The number of nitrogens with zero attached hydrogens (tertiary/aromatic N) is 1. The van der Waals surface area contributed by atoms with Gasteiger partial charge in [-0.3, -0.25) is 4.79 Å². The summed E-state index contributed by atoms with van der Waals surface area (Å²) >= 11 is 3.05. The minimum Gasteiger partial charge on any atom is -0.493 e. The standard InChI is InChI=1S/C10H8BrFN2O2/c1-2-16-6-3-5(11)8(12)9-7(6)10(15)14-4-13-9/h3-4H,2H2,1H3,(H,13,14,15). The average Bonchev–Trinajstić information content (AvgIpc) is 2.25. The molecule has 0 aliphatic heterocycles. The zero-order valence-electron chi connectivity index (χ0n) is 8.38. The Balaban J connectivity index is 2.90. The molecule has 2 aromatic rings. The van der Waals surface area contributed by atoms with Crippen molar-refractivity contribution in [1.29, 1.82) is 0 Å². The molecule has 0 spiro atoms. The quantitative estimate of drug-likeness (QED) is 0.921. The predicted octanol–water partition coefficient (Wildman–Crippen LogP) is 2.22. The van der Waals surface area contributed by atoms with Gasteiger partial charge in [-0.05, 0) is 28.9 Å². The zero-order chi connectivity index (χ0) is 11.7. The van der Waals surface area contributed by atoms with Gasteiger partial charge in [0.2, 0.25) is 0 Å². The third-order valence-electron chi connectivity index (χ3n) is 2.07. The fourth-order valence-electron chi connectivity index (χ4n) is 1.43. The molecule has 84 valence electrons. The van der Waals surface area contributed by atoms with Crippen molar-refractivity contribution in [2.45, 2.75) is 6.92 Å². The van der Waals surface area contributed by atoms with E-state index in [0.717, 1.165) is 6.33 Å². The molecule has 0 aliphatic rings. The van der Waals surface area contributed by atoms with Crippen molar-refractivity contribution < 1.29 is 9.13 Å². The van der Waals surface area contributed by atoms with Crippen LogP contribution in [0.5, 0.6) is 5.75 Å². The summed E-state index contributed by atoms with van der Waals surface area (Å²) in [7, 11) is 0. The van der Waals surface area contributed by atoms with E-state index in [-0.39, 0.29) is 15.4 Å². The van der Waals surface area contributed by atoms with E-state index in [1.165, 1.54) is 6.07 Å². The highest BCUT2D eigenvalue weighted by Crippen LogP contribution is 2.29. The lowest BCUT2D eigenvalue weighted by Crippen LogP contribution is -2.10. The number of nitrogens with one attached hydrogen (secondary N) is 1. The molecule has 1 N–H and O–H groups in total. The second-order valence-electron chi connectivity index (χ2n) is 3.06. The maximum absolute atomic E-state index is 13.7. The molecule has 0 bridgehead atoms. The number of hydrogen-bond acceptors (Lipinski definition) is 3. The third-order valence-corrected chi connectivity index (χ3v) is 2.65. The van der Waals surface area contributed by atoms with Crippen molar-refractivity contribution in [3.63, 3.8) is 0 Å². The summed E-state index contributed by atoms with van der Waals surface area (Å²) in [5, 5.41) is 0.130. The fourth-order valence-corrected chi connectivity index (χ4v) is 1.82. The maximum Gasteiger partial charge on any atom is 0.262 e. The van der Waals surface area contributed by atoms with Crippen LogP contribution in [0.15, 0.2) is 21.7 Å². The lowest BCUT2D eigenvalue weighted by molar-refractivity contribution is 0.343. The Morgan fingerprint density at radius 1 is 1.62 bits per heavy atom. The van der Waals surface area contributed by atoms with Gasteiger partial charge in [0.15, 0.2) is 5.82 Å². The number of benzene rings is 1. The van der Waals surface area contributed by atoms with Crippen LogP contribution >= 0.6 is 15.9 Å². The normalized spacial score (nSPS) is 10.7. The first-order valence-electron chi connectivity index (χ1n) is 4.63. The number of halogens is 2. The smallest absolute Gasteiger partial charge is 0.262 e. The van der Waals surface area contributed by atoms with E-state index in [0.29, 0.717) is 12.4 Å². The Kier molecular flexibility index (Phi) is 2.91. The van der Waals surface area contributed by atoms with E-state index in [1.54, 1.807) is 6.92 Å². The highest BCUT2D eigenvalue weighted by molar-refractivity contribution is 9.10. The molecule has 4 nitrogen and oxygen atoms in total. The van der Waals surface area contributed by atoms with Crippen molar-refractivity contribution in [1.82, 2.24) is 9.97 Å². The van der Waals surface area contributed by atoms with Gasteiger partial charge in [0.25, 0.3) is 5.56 Å². The molecule has 0 unspecified atom stereocenters. The number of H-pyrrole nitrogens is 1. The minimum absolute atomic E-state index is 0.00146. The highest BCUT2D eigenvalue weighted by atomic mass is 79.9. The number of fused-ring (bicyclic) bond motifs is 1. The largest absolute Gasteiger partial charge is 0.493 e. The Hall–Kier alpha value is -1.43. The number of hydrogen-bond donors (Lipinski definition) is 1. The van der Waals surface area contributed by atoms with E-state index >= 15 is 0 Å². The van der Waals surface area contributed by atoms with Crippen LogP contribution in [0.3, 0.4) is 0 Å². The van der Waals surface area contributed by atoms with Crippen molar-refractivity contribution in [3.05, 3.63) is 33.0 Å². The lowest BCUT2D eigenvalue weighted by Gasteiger charge is -2.07. The summed E-state index contributed by atoms with van der Waals surface area (Å²) in [6.45, 7) is 2.18. The highest BCUT2D eigenvalue weighted by Gasteiger charge is 2.15. The van der Waals surface area contributed by atoms with Crippen LogP contribution in [0.1, 0.15) is 6.92 Å². The molecule has 0 fully saturated rings. The predicted molar refractivity (Wildman–Crippen MR) is 61.2 cm³/mol. The summed E-state index contributed by atoms with van der Waals surface area (Å²) in [5.74, 6) is -0.246. The molecule has 0 saturated carbocycles. The molecule has 16 heavy (non-hydrogen) atoms. The molecule has 0 atom stereocenters. The van der Waals surface area contributed by atoms with Crippen LogP contribution in [-0.2, 0) is 0 Å². The maximum atomic E-state index is 13.7. The van der Waals surface area contributed by atoms with E-state index < -0.39 is 11.4 Å². The van der Waals surface area contributed by atoms with Gasteiger partial charge in [-0.1, -0.05) is 0 Å². The summed E-state index contributed by atoms with van der Waals surface area (Å²) in [6, 6.07) is 1.43. The molecule has 2 rings (SSSR count). The number of rotatable bonds is 2. The van der Waals surface area contributed by atoms with Crippen molar-refractivity contribution >= 4 is 26.8 Å². The van der Waals surface area contributed by atoms with Crippen LogP contribution in [0, 0.1) is 5.82 Å². The first kappa shape index (κ1) is 11.1. The summed E-state index contributed by atoms with van der Waals surface area (Å²) < 4.78 is 19.2. The molecule has 0 aliphatic carbocycles. The summed E-state index contributed by atoms with van der Waals surface area (Å²) in [5.41, 5.74) is -0.415. The Bertz CT molecular complexity index is 597. The van der Waals surface area contributed by atoms with Gasteiger partial charge >= 0.3 is 0 Å². The van der Waals surface area contributed by atoms with E-state index in [2.05, 4.69) is 25.9 Å². The molecular weight excluding hydrogens is 279 g/mol. The Morgan fingerprint density at radius 2 is 2.38 bits per heavy atom. The number of aromatic amines is 1. The van der Waals surface area contributed by atoms with Crippen LogP contribution < -0.4 is 10.3 Å². The second kappa shape index (κ2) is 4.21. The average molecular weight is 287 g/mol. The first-order chi connectivity index (χ1) is 7.65. The van der Waals surface area contributed by atoms with Crippen molar-refractivity contribution in [3.8, 4) is 5.75 Å². The van der Waals surface area contributed by atoms with Gasteiger partial charge in [-0.2, -0.15) is 0 Å². The first-order valence-corrected chi connectivity index (χ1v) is 5.42. The van der Waals surface area contributed by atoms with Gasteiger partial charge in [0.1, 0.15) is 16.7 Å². The van der Waals surface area contributed by atoms with Gasteiger partial charge in [0.05, 0.1) is 17.4 Å². The third kappa shape index (κ3) is 1.69. The summed E-state index contributed by atoms with van der Waals surface area (Å²) in [4.78, 5) is 17.8. The molecule has 0 radical (unpaired) electrons. The fraction of sp³-hybridized carbons (Fsp3) is 0.200. The van der Waals surface area contributed by atoms with Crippen molar-refractivity contribution in [2.24, 2.45) is 0 Å². The molecule has 6 heteroatoms. The van der Waals surface area contributed by atoms with Crippen LogP contribution in [0.2, 0.25) is 0 Å². The van der Waals surface area contributed by atoms with Gasteiger partial charge in [0, 0.05) is 0 Å². The molecule has 1 aromatic heterocycles. The molecule has 1 heterocycles. The monoisotopic (exact) mass is 286 g/mol. The minimum atomic E-state index is -0.565. The van der Waals surface area contributed by atoms with Crippen LogP contribution in [-0.4, -0.2) is 16.6 Å².